The Morgan fingerprint density at radius 2 is 2.29 bits per heavy atom. The van der Waals surface area contributed by atoms with E-state index in [1.54, 1.807) is 11.3 Å². The average Bonchev–Trinajstić information content (AvgIpc) is 2.67. The molecular weight excluding hydrogens is 214 g/mol. The second-order valence-electron chi connectivity index (χ2n) is 3.42. The quantitative estimate of drug-likeness (QED) is 0.757. The number of thiazole rings is 1. The third-order valence-electron chi connectivity index (χ3n) is 2.33. The number of hydrogen-bond donors (Lipinski definition) is 2. The summed E-state index contributed by atoms with van der Waals surface area (Å²) in [7, 11) is 0. The van der Waals surface area contributed by atoms with E-state index >= 15 is 0 Å². The normalized spacial score (nSPS) is 18.6. The summed E-state index contributed by atoms with van der Waals surface area (Å²) in [5, 5.41) is 6.67. The molecule has 0 radical (unpaired) electrons. The highest BCUT2D eigenvalue weighted by Crippen LogP contribution is 2.13. The predicted octanol–water partition coefficient (Wildman–Crippen LogP) is 0.978. The summed E-state index contributed by atoms with van der Waals surface area (Å²) < 4.78 is 0. The molecule has 1 aromatic heterocycles. The maximum Gasteiger partial charge on any atom is 0.107 e. The number of piperazine rings is 1. The minimum Gasteiger partial charge on any atom is -0.314 e. The van der Waals surface area contributed by atoms with Gasteiger partial charge in [0.15, 0.2) is 0 Å². The van der Waals surface area contributed by atoms with Crippen molar-refractivity contribution >= 4 is 24.0 Å². The molecule has 0 aromatic carbocycles. The van der Waals surface area contributed by atoms with Crippen LogP contribution < -0.4 is 5.32 Å². The summed E-state index contributed by atoms with van der Waals surface area (Å²) in [6.45, 7) is 5.47. The van der Waals surface area contributed by atoms with Gasteiger partial charge >= 0.3 is 0 Å². The van der Waals surface area contributed by atoms with Crippen LogP contribution in [0.3, 0.4) is 0 Å². The van der Waals surface area contributed by atoms with Gasteiger partial charge in [-0.15, -0.1) is 11.3 Å². The van der Waals surface area contributed by atoms with Gasteiger partial charge in [0, 0.05) is 37.3 Å². The molecule has 0 spiro atoms. The highest BCUT2D eigenvalue weighted by Gasteiger charge is 2.11. The molecule has 78 valence electrons. The topological polar surface area (TPSA) is 28.2 Å². The Morgan fingerprint density at radius 3 is 2.93 bits per heavy atom. The minimum absolute atomic E-state index is 0.748. The lowest BCUT2D eigenvalue weighted by molar-refractivity contribution is 0.233. The van der Waals surface area contributed by atoms with E-state index in [9.17, 15) is 0 Å². The van der Waals surface area contributed by atoms with Crippen molar-refractivity contribution in [3.8, 4) is 0 Å². The highest BCUT2D eigenvalue weighted by molar-refractivity contribution is 7.79. The monoisotopic (exact) mass is 229 g/mol. The van der Waals surface area contributed by atoms with Crippen LogP contribution in [0.15, 0.2) is 5.38 Å². The maximum absolute atomic E-state index is 4.50. The summed E-state index contributed by atoms with van der Waals surface area (Å²) in [5.74, 6) is 0.748. The molecule has 0 unspecified atom stereocenters. The van der Waals surface area contributed by atoms with E-state index in [2.05, 4.69) is 33.2 Å². The van der Waals surface area contributed by atoms with E-state index in [1.165, 1.54) is 5.01 Å². The van der Waals surface area contributed by atoms with E-state index < -0.39 is 0 Å². The van der Waals surface area contributed by atoms with Crippen LogP contribution in [0.5, 0.6) is 0 Å². The molecule has 0 atom stereocenters. The number of aromatic nitrogens is 1. The van der Waals surface area contributed by atoms with Gasteiger partial charge in [-0.05, 0) is 0 Å². The Labute approximate surface area is 93.9 Å². The lowest BCUT2D eigenvalue weighted by atomic mass is 10.3. The van der Waals surface area contributed by atoms with Crippen LogP contribution in [0, 0.1) is 0 Å². The van der Waals surface area contributed by atoms with E-state index in [1.807, 2.05) is 0 Å². The molecule has 1 aliphatic rings. The first-order chi connectivity index (χ1) is 6.88. The van der Waals surface area contributed by atoms with E-state index in [0.29, 0.717) is 0 Å². The predicted molar refractivity (Wildman–Crippen MR) is 63.0 cm³/mol. The number of nitrogens with zero attached hydrogens (tertiary/aromatic N) is 2. The van der Waals surface area contributed by atoms with Crippen molar-refractivity contribution in [3.63, 3.8) is 0 Å². The molecule has 0 saturated carbocycles. The van der Waals surface area contributed by atoms with Crippen molar-refractivity contribution in [2.45, 2.75) is 12.3 Å². The third-order valence-corrected chi connectivity index (χ3v) is 3.54. The summed E-state index contributed by atoms with van der Waals surface area (Å²) in [5.41, 5.74) is 1.10. The van der Waals surface area contributed by atoms with Gasteiger partial charge in [-0.3, -0.25) is 4.90 Å². The van der Waals surface area contributed by atoms with Gasteiger partial charge in [-0.2, -0.15) is 12.6 Å². The molecule has 0 aliphatic carbocycles. The summed E-state index contributed by atoms with van der Waals surface area (Å²) >= 11 is 5.96. The Balaban J connectivity index is 1.89. The number of nitrogens with one attached hydrogen (secondary N) is 1. The van der Waals surface area contributed by atoms with Crippen molar-refractivity contribution in [3.05, 3.63) is 16.1 Å². The van der Waals surface area contributed by atoms with E-state index in [-0.39, 0.29) is 0 Å². The first kappa shape index (κ1) is 10.4. The standard InChI is InChI=1S/C9H15N3S2/c13-6-8-7-14-9(11-8)5-12-3-1-10-2-4-12/h7,10,13H,1-6H2. The number of rotatable bonds is 3. The molecule has 2 heterocycles. The smallest absolute Gasteiger partial charge is 0.107 e. The highest BCUT2D eigenvalue weighted by atomic mass is 32.1. The maximum atomic E-state index is 4.50. The molecule has 3 nitrogen and oxygen atoms in total. The second kappa shape index (κ2) is 5.11. The Morgan fingerprint density at radius 1 is 1.50 bits per heavy atom. The first-order valence-electron chi connectivity index (χ1n) is 4.85. The van der Waals surface area contributed by atoms with Crippen LogP contribution in [0.25, 0.3) is 0 Å². The number of hydrogen-bond acceptors (Lipinski definition) is 5. The molecule has 1 N–H and O–H groups in total. The Bertz CT molecular complexity index is 281. The lowest BCUT2D eigenvalue weighted by Crippen LogP contribution is -2.42. The van der Waals surface area contributed by atoms with Crippen molar-refractivity contribution in [2.24, 2.45) is 0 Å². The fraction of sp³-hybridized carbons (Fsp3) is 0.667. The summed E-state index contributed by atoms with van der Waals surface area (Å²) in [6, 6.07) is 0. The van der Waals surface area contributed by atoms with Crippen molar-refractivity contribution in [2.75, 3.05) is 26.2 Å². The molecule has 5 heteroatoms. The van der Waals surface area contributed by atoms with Gasteiger partial charge < -0.3 is 5.32 Å². The van der Waals surface area contributed by atoms with Crippen molar-refractivity contribution in [1.82, 2.24) is 15.2 Å². The molecule has 14 heavy (non-hydrogen) atoms. The SMILES string of the molecule is SCc1csc(CN2CCNCC2)n1. The van der Waals surface area contributed by atoms with Crippen LogP contribution in [-0.2, 0) is 12.3 Å². The van der Waals surface area contributed by atoms with Crippen molar-refractivity contribution in [1.29, 1.82) is 0 Å². The fourth-order valence-electron chi connectivity index (χ4n) is 1.55. The van der Waals surface area contributed by atoms with Gasteiger partial charge in [0.25, 0.3) is 0 Å². The van der Waals surface area contributed by atoms with Gasteiger partial charge in [-0.25, -0.2) is 4.98 Å². The lowest BCUT2D eigenvalue weighted by Gasteiger charge is -2.26. The summed E-state index contributed by atoms with van der Waals surface area (Å²) in [4.78, 5) is 6.94. The first-order valence-corrected chi connectivity index (χ1v) is 6.37. The molecule has 0 amide bonds. The van der Waals surface area contributed by atoms with E-state index in [0.717, 1.165) is 44.2 Å². The van der Waals surface area contributed by atoms with Gasteiger partial charge in [0.05, 0.1) is 12.2 Å². The van der Waals surface area contributed by atoms with Gasteiger partial charge in [0.2, 0.25) is 0 Å². The second-order valence-corrected chi connectivity index (χ2v) is 4.68. The molecule has 0 bridgehead atoms. The molecule has 1 fully saturated rings. The molecule has 2 rings (SSSR count). The average molecular weight is 229 g/mol. The largest absolute Gasteiger partial charge is 0.314 e. The number of thiol groups is 1. The molecule has 1 saturated heterocycles. The Kier molecular flexibility index (Phi) is 3.81. The third kappa shape index (κ3) is 2.70. The van der Waals surface area contributed by atoms with Crippen LogP contribution in [0.2, 0.25) is 0 Å². The molecular formula is C9H15N3S2. The van der Waals surface area contributed by atoms with Crippen LogP contribution in [-0.4, -0.2) is 36.1 Å². The minimum atomic E-state index is 0.748. The zero-order chi connectivity index (χ0) is 9.80. The van der Waals surface area contributed by atoms with Gasteiger partial charge in [-0.1, -0.05) is 0 Å². The van der Waals surface area contributed by atoms with Crippen LogP contribution >= 0.6 is 24.0 Å². The van der Waals surface area contributed by atoms with Crippen LogP contribution in [0.4, 0.5) is 0 Å². The van der Waals surface area contributed by atoms with E-state index in [4.69, 9.17) is 0 Å². The Hall–Kier alpha value is -0.100. The molecule has 1 aliphatic heterocycles. The van der Waals surface area contributed by atoms with Crippen LogP contribution in [0.1, 0.15) is 10.7 Å². The zero-order valence-electron chi connectivity index (χ0n) is 8.07. The van der Waals surface area contributed by atoms with Crippen molar-refractivity contribution < 1.29 is 0 Å². The zero-order valence-corrected chi connectivity index (χ0v) is 9.78. The van der Waals surface area contributed by atoms with Gasteiger partial charge in [0.1, 0.15) is 5.01 Å². The molecule has 1 aromatic rings. The fourth-order valence-corrected chi connectivity index (χ4v) is 2.68. The summed E-state index contributed by atoms with van der Waals surface area (Å²) in [6.07, 6.45) is 0.